The van der Waals surface area contributed by atoms with Gasteiger partial charge in [-0.1, -0.05) is 5.16 Å². The fourth-order valence-corrected chi connectivity index (χ4v) is 1.71. The standard InChI is InChI=1S/C9H16N4O/c1-2-5-13(4-1)6-3-10-7-9-11-8-14-12-9/h8,10H,1-7H2. The minimum atomic E-state index is 0.699. The largest absolute Gasteiger partial charge is 0.343 e. The summed E-state index contributed by atoms with van der Waals surface area (Å²) in [6, 6.07) is 0. The van der Waals surface area contributed by atoms with Crippen LogP contribution in [0.5, 0.6) is 0 Å². The van der Waals surface area contributed by atoms with Crippen LogP contribution in [0.4, 0.5) is 0 Å². The summed E-state index contributed by atoms with van der Waals surface area (Å²) in [5.74, 6) is 0.728. The molecule has 0 unspecified atom stereocenters. The zero-order valence-corrected chi connectivity index (χ0v) is 8.28. The molecule has 0 radical (unpaired) electrons. The number of likely N-dealkylation sites (tertiary alicyclic amines) is 1. The Morgan fingerprint density at radius 1 is 1.43 bits per heavy atom. The Labute approximate surface area is 83.5 Å². The van der Waals surface area contributed by atoms with E-state index < -0.39 is 0 Å². The van der Waals surface area contributed by atoms with Crippen LogP contribution in [-0.2, 0) is 6.54 Å². The van der Waals surface area contributed by atoms with Crippen LogP contribution >= 0.6 is 0 Å². The quantitative estimate of drug-likeness (QED) is 0.684. The van der Waals surface area contributed by atoms with Crippen LogP contribution in [0.3, 0.4) is 0 Å². The first-order valence-corrected chi connectivity index (χ1v) is 5.13. The Hall–Kier alpha value is -0.940. The Morgan fingerprint density at radius 3 is 3.00 bits per heavy atom. The minimum Gasteiger partial charge on any atom is -0.343 e. The Morgan fingerprint density at radius 2 is 2.29 bits per heavy atom. The molecule has 1 aliphatic heterocycles. The van der Waals surface area contributed by atoms with Crippen molar-refractivity contribution in [3.8, 4) is 0 Å². The third kappa shape index (κ3) is 2.78. The summed E-state index contributed by atoms with van der Waals surface area (Å²) in [4.78, 5) is 6.41. The average Bonchev–Trinajstić information content (AvgIpc) is 2.86. The van der Waals surface area contributed by atoms with E-state index in [9.17, 15) is 0 Å². The van der Waals surface area contributed by atoms with Gasteiger partial charge in [0, 0.05) is 13.1 Å². The number of nitrogens with one attached hydrogen (secondary N) is 1. The van der Waals surface area contributed by atoms with Crippen molar-refractivity contribution in [2.45, 2.75) is 19.4 Å². The van der Waals surface area contributed by atoms with E-state index in [1.807, 2.05) is 0 Å². The van der Waals surface area contributed by atoms with Crippen molar-refractivity contribution in [1.29, 1.82) is 0 Å². The van der Waals surface area contributed by atoms with Crippen molar-refractivity contribution >= 4 is 0 Å². The Bertz CT molecular complexity index is 243. The van der Waals surface area contributed by atoms with Crippen LogP contribution in [0, 0.1) is 0 Å². The highest BCUT2D eigenvalue weighted by Crippen LogP contribution is 2.05. The highest BCUT2D eigenvalue weighted by atomic mass is 16.5. The molecule has 0 bridgehead atoms. The fourth-order valence-electron chi connectivity index (χ4n) is 1.71. The van der Waals surface area contributed by atoms with Gasteiger partial charge in [0.15, 0.2) is 5.82 Å². The summed E-state index contributed by atoms with van der Waals surface area (Å²) < 4.78 is 4.63. The van der Waals surface area contributed by atoms with Crippen LogP contribution < -0.4 is 5.32 Å². The molecule has 0 aromatic carbocycles. The van der Waals surface area contributed by atoms with Gasteiger partial charge in [-0.3, -0.25) is 0 Å². The molecule has 2 heterocycles. The smallest absolute Gasteiger partial charge is 0.213 e. The van der Waals surface area contributed by atoms with Crippen molar-refractivity contribution in [2.24, 2.45) is 0 Å². The molecule has 0 atom stereocenters. The number of nitrogens with zero attached hydrogens (tertiary/aromatic N) is 3. The van der Waals surface area contributed by atoms with E-state index in [0.29, 0.717) is 6.54 Å². The van der Waals surface area contributed by atoms with E-state index in [2.05, 4.69) is 24.9 Å². The summed E-state index contributed by atoms with van der Waals surface area (Å²) in [6.45, 7) is 5.32. The van der Waals surface area contributed by atoms with E-state index >= 15 is 0 Å². The molecule has 1 N–H and O–H groups in total. The number of rotatable bonds is 5. The molecular weight excluding hydrogens is 180 g/mol. The Balaban J connectivity index is 1.55. The van der Waals surface area contributed by atoms with Crippen LogP contribution in [0.2, 0.25) is 0 Å². The molecule has 5 nitrogen and oxygen atoms in total. The van der Waals surface area contributed by atoms with Crippen molar-refractivity contribution in [3.05, 3.63) is 12.2 Å². The lowest BCUT2D eigenvalue weighted by atomic mass is 10.4. The van der Waals surface area contributed by atoms with Gasteiger partial charge in [-0.15, -0.1) is 0 Å². The summed E-state index contributed by atoms with van der Waals surface area (Å²) in [6.07, 6.45) is 4.06. The molecule has 5 heteroatoms. The lowest BCUT2D eigenvalue weighted by Gasteiger charge is -2.13. The van der Waals surface area contributed by atoms with Gasteiger partial charge in [0.1, 0.15) is 0 Å². The van der Waals surface area contributed by atoms with Gasteiger partial charge >= 0.3 is 0 Å². The first kappa shape index (κ1) is 9.61. The summed E-state index contributed by atoms with van der Waals surface area (Å²) in [7, 11) is 0. The zero-order chi connectivity index (χ0) is 9.64. The molecule has 78 valence electrons. The molecule has 1 saturated heterocycles. The van der Waals surface area contributed by atoms with Crippen LogP contribution in [0.1, 0.15) is 18.7 Å². The predicted octanol–water partition coefficient (Wildman–Crippen LogP) is 0.255. The fraction of sp³-hybridized carbons (Fsp3) is 0.778. The maximum absolute atomic E-state index is 4.63. The Kier molecular flexibility index (Phi) is 3.48. The van der Waals surface area contributed by atoms with Crippen LogP contribution in [0.25, 0.3) is 0 Å². The highest BCUT2D eigenvalue weighted by molar-refractivity contribution is 4.76. The first-order valence-electron chi connectivity index (χ1n) is 5.13. The van der Waals surface area contributed by atoms with Gasteiger partial charge in [-0.05, 0) is 25.9 Å². The summed E-state index contributed by atoms with van der Waals surface area (Å²) >= 11 is 0. The second kappa shape index (κ2) is 5.07. The maximum Gasteiger partial charge on any atom is 0.213 e. The lowest BCUT2D eigenvalue weighted by Crippen LogP contribution is -2.29. The molecule has 1 aromatic rings. The number of aromatic nitrogens is 2. The molecule has 0 saturated carbocycles. The summed E-state index contributed by atoms with van der Waals surface area (Å²) in [5.41, 5.74) is 0. The monoisotopic (exact) mass is 196 g/mol. The van der Waals surface area contributed by atoms with E-state index in [1.165, 1.54) is 32.3 Å². The normalized spacial score (nSPS) is 17.7. The van der Waals surface area contributed by atoms with E-state index in [-0.39, 0.29) is 0 Å². The third-order valence-corrected chi connectivity index (χ3v) is 2.49. The van der Waals surface area contributed by atoms with Crippen molar-refractivity contribution in [1.82, 2.24) is 20.4 Å². The molecule has 1 aliphatic rings. The maximum atomic E-state index is 4.63. The number of hydrogen-bond donors (Lipinski definition) is 1. The van der Waals surface area contributed by atoms with E-state index in [4.69, 9.17) is 0 Å². The van der Waals surface area contributed by atoms with Crippen LogP contribution in [0.15, 0.2) is 10.9 Å². The van der Waals surface area contributed by atoms with Crippen molar-refractivity contribution in [3.63, 3.8) is 0 Å². The van der Waals surface area contributed by atoms with Gasteiger partial charge in [-0.25, -0.2) is 0 Å². The molecule has 14 heavy (non-hydrogen) atoms. The topological polar surface area (TPSA) is 54.2 Å². The lowest BCUT2D eigenvalue weighted by molar-refractivity contribution is 0.334. The molecule has 1 fully saturated rings. The average molecular weight is 196 g/mol. The number of hydrogen-bond acceptors (Lipinski definition) is 5. The molecule has 0 aliphatic carbocycles. The molecule has 1 aromatic heterocycles. The van der Waals surface area contributed by atoms with Crippen LogP contribution in [-0.4, -0.2) is 41.2 Å². The molecule has 2 rings (SSSR count). The van der Waals surface area contributed by atoms with Gasteiger partial charge in [0.25, 0.3) is 0 Å². The summed E-state index contributed by atoms with van der Waals surface area (Å²) in [5, 5.41) is 7.01. The second-order valence-corrected chi connectivity index (χ2v) is 3.57. The second-order valence-electron chi connectivity index (χ2n) is 3.57. The van der Waals surface area contributed by atoms with Gasteiger partial charge in [0.05, 0.1) is 6.54 Å². The van der Waals surface area contributed by atoms with E-state index in [1.54, 1.807) is 0 Å². The highest BCUT2D eigenvalue weighted by Gasteiger charge is 2.10. The van der Waals surface area contributed by atoms with Gasteiger partial charge < -0.3 is 14.7 Å². The molecule has 0 spiro atoms. The third-order valence-electron chi connectivity index (χ3n) is 2.49. The SMILES string of the molecule is c1nc(CNCCN2CCCC2)no1. The molecular formula is C9H16N4O. The van der Waals surface area contributed by atoms with Crippen molar-refractivity contribution in [2.75, 3.05) is 26.2 Å². The zero-order valence-electron chi connectivity index (χ0n) is 8.28. The first-order chi connectivity index (χ1) is 6.95. The predicted molar refractivity (Wildman–Crippen MR) is 51.7 cm³/mol. The van der Waals surface area contributed by atoms with Crippen molar-refractivity contribution < 1.29 is 4.52 Å². The minimum absolute atomic E-state index is 0.699. The molecule has 0 amide bonds. The van der Waals surface area contributed by atoms with E-state index in [0.717, 1.165) is 18.9 Å². The van der Waals surface area contributed by atoms with Gasteiger partial charge in [0.2, 0.25) is 6.39 Å². The van der Waals surface area contributed by atoms with Gasteiger partial charge in [-0.2, -0.15) is 4.98 Å².